The Kier molecular flexibility index (Phi) is 2.96. The first-order chi connectivity index (χ1) is 10.2. The van der Waals surface area contributed by atoms with Gasteiger partial charge in [0.1, 0.15) is 6.33 Å². The summed E-state index contributed by atoms with van der Waals surface area (Å²) in [5.74, 6) is 1.65. The van der Waals surface area contributed by atoms with Crippen molar-refractivity contribution in [1.82, 2.24) is 14.8 Å². The molecule has 0 fully saturated rings. The van der Waals surface area contributed by atoms with Crippen LogP contribution in [0.15, 0.2) is 30.6 Å². The van der Waals surface area contributed by atoms with Crippen LogP contribution in [0.3, 0.4) is 0 Å². The average Bonchev–Trinajstić information content (AvgIpc) is 3.04. The van der Waals surface area contributed by atoms with Crippen molar-refractivity contribution in [3.63, 3.8) is 0 Å². The molecule has 0 spiro atoms. The van der Waals surface area contributed by atoms with Crippen molar-refractivity contribution < 1.29 is 0 Å². The minimum atomic E-state index is 0.639. The van der Waals surface area contributed by atoms with E-state index in [1.54, 1.807) is 0 Å². The van der Waals surface area contributed by atoms with Gasteiger partial charge in [-0.15, -0.1) is 21.5 Å². The molecule has 0 unspecified atom stereocenters. The van der Waals surface area contributed by atoms with E-state index in [2.05, 4.69) is 57.8 Å². The molecule has 1 aliphatic heterocycles. The van der Waals surface area contributed by atoms with Gasteiger partial charge in [-0.1, -0.05) is 32.0 Å². The predicted molar refractivity (Wildman–Crippen MR) is 87.9 cm³/mol. The molecule has 0 amide bonds. The Morgan fingerprint density at radius 1 is 1.24 bits per heavy atom. The lowest BCUT2D eigenvalue weighted by Crippen LogP contribution is -2.29. The normalized spacial score (nSPS) is 14.3. The first kappa shape index (κ1) is 12.8. The Morgan fingerprint density at radius 3 is 2.95 bits per heavy atom. The van der Waals surface area contributed by atoms with Crippen LogP contribution in [0.4, 0.5) is 5.69 Å². The van der Waals surface area contributed by atoms with Crippen LogP contribution in [0, 0.1) is 5.92 Å². The molecule has 3 heterocycles. The number of thiophene rings is 1. The Balaban J connectivity index is 1.98. The summed E-state index contributed by atoms with van der Waals surface area (Å²) in [5.41, 5.74) is 1.34. The van der Waals surface area contributed by atoms with Gasteiger partial charge in [0.15, 0.2) is 5.82 Å². The molecule has 0 atom stereocenters. The van der Waals surface area contributed by atoms with Crippen molar-refractivity contribution in [1.29, 1.82) is 0 Å². The molecule has 5 heteroatoms. The highest BCUT2D eigenvalue weighted by Crippen LogP contribution is 2.45. The second-order valence-corrected chi connectivity index (χ2v) is 7.02. The molecule has 0 radical (unpaired) electrons. The molecule has 0 bridgehead atoms. The monoisotopic (exact) mass is 298 g/mol. The number of aromatic nitrogens is 3. The smallest absolute Gasteiger partial charge is 0.176 e. The molecule has 108 valence electrons. The first-order valence-corrected chi connectivity index (χ1v) is 8.20. The lowest BCUT2D eigenvalue weighted by molar-refractivity contribution is 0.587. The van der Waals surface area contributed by atoms with E-state index in [-0.39, 0.29) is 0 Å². The Bertz CT molecular complexity index is 787. The molecule has 0 aliphatic carbocycles. The zero-order valence-electron chi connectivity index (χ0n) is 12.3. The summed E-state index contributed by atoms with van der Waals surface area (Å²) in [6.07, 6.45) is 1.85. The van der Waals surface area contributed by atoms with Gasteiger partial charge in [-0.25, -0.2) is 0 Å². The summed E-state index contributed by atoms with van der Waals surface area (Å²) in [4.78, 5) is 3.78. The molecule has 3 aromatic rings. The van der Waals surface area contributed by atoms with Crippen molar-refractivity contribution in [3.8, 4) is 10.7 Å². The Labute approximate surface area is 128 Å². The fourth-order valence-electron chi connectivity index (χ4n) is 3.06. The molecule has 0 saturated carbocycles. The van der Waals surface area contributed by atoms with Crippen LogP contribution in [0.2, 0.25) is 0 Å². The third-order valence-electron chi connectivity index (χ3n) is 3.90. The summed E-state index contributed by atoms with van der Waals surface area (Å²) in [7, 11) is 0. The quantitative estimate of drug-likeness (QED) is 0.724. The van der Waals surface area contributed by atoms with E-state index in [0.29, 0.717) is 5.92 Å². The number of fused-ring (bicyclic) bond motifs is 5. The number of anilines is 1. The molecule has 4 nitrogen and oxygen atoms in total. The van der Waals surface area contributed by atoms with Crippen LogP contribution < -0.4 is 4.90 Å². The zero-order valence-corrected chi connectivity index (χ0v) is 13.1. The van der Waals surface area contributed by atoms with Crippen LogP contribution in [-0.2, 0) is 6.54 Å². The topological polar surface area (TPSA) is 34.0 Å². The standard InChI is InChI=1S/C16H18N4S/c1-11(2)9-19-7-8-20-10-17-18-16(20)15-14(19)12-5-3-4-6-13(12)21-15/h3-6,10-11H,7-9H2,1-2H3. The molecule has 4 rings (SSSR count). The lowest BCUT2D eigenvalue weighted by Gasteiger charge is -2.25. The number of hydrogen-bond acceptors (Lipinski definition) is 4. The summed E-state index contributed by atoms with van der Waals surface area (Å²) < 4.78 is 3.50. The van der Waals surface area contributed by atoms with Crippen LogP contribution in [0.1, 0.15) is 13.8 Å². The van der Waals surface area contributed by atoms with Crippen LogP contribution in [0.25, 0.3) is 20.8 Å². The molecule has 0 saturated heterocycles. The van der Waals surface area contributed by atoms with Crippen LogP contribution in [0.5, 0.6) is 0 Å². The largest absolute Gasteiger partial charge is 0.368 e. The van der Waals surface area contributed by atoms with Crippen LogP contribution >= 0.6 is 11.3 Å². The van der Waals surface area contributed by atoms with Crippen molar-refractivity contribution in [2.75, 3.05) is 18.0 Å². The molecular formula is C16H18N4S. The van der Waals surface area contributed by atoms with E-state index in [1.807, 2.05) is 17.7 Å². The molecule has 1 aromatic carbocycles. The maximum absolute atomic E-state index is 4.36. The molecule has 1 aliphatic rings. The van der Waals surface area contributed by atoms with Gasteiger partial charge >= 0.3 is 0 Å². The highest BCUT2D eigenvalue weighted by molar-refractivity contribution is 7.23. The Hall–Kier alpha value is -1.88. The van der Waals surface area contributed by atoms with Gasteiger partial charge in [-0.2, -0.15) is 0 Å². The van der Waals surface area contributed by atoms with Gasteiger partial charge in [0.05, 0.1) is 10.6 Å². The van der Waals surface area contributed by atoms with Gasteiger partial charge in [0.2, 0.25) is 0 Å². The number of hydrogen-bond donors (Lipinski definition) is 0. The SMILES string of the molecule is CC(C)CN1CCn2cnnc2-c2sc3ccccc3c21. The van der Waals surface area contributed by atoms with E-state index >= 15 is 0 Å². The average molecular weight is 298 g/mol. The van der Waals surface area contributed by atoms with E-state index in [9.17, 15) is 0 Å². The summed E-state index contributed by atoms with van der Waals surface area (Å²) in [5, 5.41) is 9.81. The van der Waals surface area contributed by atoms with Gasteiger partial charge < -0.3 is 9.47 Å². The van der Waals surface area contributed by atoms with Crippen molar-refractivity contribution in [2.45, 2.75) is 20.4 Å². The minimum Gasteiger partial charge on any atom is -0.368 e. The van der Waals surface area contributed by atoms with Crippen molar-refractivity contribution in [2.24, 2.45) is 5.92 Å². The second-order valence-electron chi connectivity index (χ2n) is 5.96. The van der Waals surface area contributed by atoms with E-state index in [1.165, 1.54) is 20.7 Å². The lowest BCUT2D eigenvalue weighted by atomic mass is 10.1. The second kappa shape index (κ2) is 4.84. The molecular weight excluding hydrogens is 280 g/mol. The third-order valence-corrected chi connectivity index (χ3v) is 5.06. The highest BCUT2D eigenvalue weighted by Gasteiger charge is 2.26. The Morgan fingerprint density at radius 2 is 2.10 bits per heavy atom. The number of benzene rings is 1. The van der Waals surface area contributed by atoms with E-state index < -0.39 is 0 Å². The van der Waals surface area contributed by atoms with Crippen molar-refractivity contribution >= 4 is 27.1 Å². The maximum atomic E-state index is 4.36. The summed E-state index contributed by atoms with van der Waals surface area (Å²) in [6.45, 7) is 7.59. The van der Waals surface area contributed by atoms with E-state index in [4.69, 9.17) is 0 Å². The van der Waals surface area contributed by atoms with Crippen LogP contribution in [-0.4, -0.2) is 27.9 Å². The molecule has 21 heavy (non-hydrogen) atoms. The predicted octanol–water partition coefficient (Wildman–Crippen LogP) is 3.64. The summed E-state index contributed by atoms with van der Waals surface area (Å²) >= 11 is 1.83. The minimum absolute atomic E-state index is 0.639. The zero-order chi connectivity index (χ0) is 14.4. The van der Waals surface area contributed by atoms with Gasteiger partial charge in [-0.05, 0) is 12.0 Å². The third kappa shape index (κ3) is 2.03. The number of rotatable bonds is 2. The highest BCUT2D eigenvalue weighted by atomic mass is 32.1. The van der Waals surface area contributed by atoms with Gasteiger partial charge in [0, 0.05) is 29.7 Å². The number of nitrogens with zero attached hydrogens (tertiary/aromatic N) is 4. The summed E-state index contributed by atoms with van der Waals surface area (Å²) in [6, 6.07) is 8.65. The fraction of sp³-hybridized carbons (Fsp3) is 0.375. The van der Waals surface area contributed by atoms with E-state index in [0.717, 1.165) is 25.5 Å². The molecule has 0 N–H and O–H groups in total. The maximum Gasteiger partial charge on any atom is 0.176 e. The van der Waals surface area contributed by atoms with Crippen molar-refractivity contribution in [3.05, 3.63) is 30.6 Å². The fourth-order valence-corrected chi connectivity index (χ4v) is 4.28. The van der Waals surface area contributed by atoms with Gasteiger partial charge in [-0.3, -0.25) is 0 Å². The molecule has 2 aromatic heterocycles. The van der Waals surface area contributed by atoms with Gasteiger partial charge in [0.25, 0.3) is 0 Å². The first-order valence-electron chi connectivity index (χ1n) is 7.38.